The summed E-state index contributed by atoms with van der Waals surface area (Å²) < 4.78 is 1.45. The predicted molar refractivity (Wildman–Crippen MR) is 81.8 cm³/mol. The Morgan fingerprint density at radius 3 is 2.68 bits per heavy atom. The first-order valence-electron chi connectivity index (χ1n) is 6.59. The van der Waals surface area contributed by atoms with Crippen molar-refractivity contribution < 1.29 is 4.79 Å². The van der Waals surface area contributed by atoms with Gasteiger partial charge in [-0.2, -0.15) is 4.68 Å². The number of carbonyl (C=O) groups excluding carboxylic acids is 1. The van der Waals surface area contributed by atoms with Crippen LogP contribution in [0, 0.1) is 0 Å². The Balaban J connectivity index is 1.80. The van der Waals surface area contributed by atoms with Crippen molar-refractivity contribution in [2.24, 2.45) is 0 Å². The summed E-state index contributed by atoms with van der Waals surface area (Å²) in [7, 11) is 0. The zero-order chi connectivity index (χ0) is 15.4. The van der Waals surface area contributed by atoms with E-state index >= 15 is 0 Å². The standard InChI is InChI=1S/C15H12ClN5O/c16-13-7-3-1-5-11(13)9-17-15(22)12-6-2-4-8-14(12)21-10-18-19-20-21/h1-8,10H,9H2,(H,17,22). The molecule has 1 aromatic heterocycles. The van der Waals surface area contributed by atoms with Crippen LogP contribution in [-0.4, -0.2) is 26.1 Å². The molecule has 0 radical (unpaired) electrons. The fourth-order valence-corrected chi connectivity index (χ4v) is 2.25. The van der Waals surface area contributed by atoms with E-state index in [0.29, 0.717) is 22.8 Å². The zero-order valence-corrected chi connectivity index (χ0v) is 12.2. The van der Waals surface area contributed by atoms with Gasteiger partial charge in [0.2, 0.25) is 0 Å². The number of hydrogen-bond donors (Lipinski definition) is 1. The van der Waals surface area contributed by atoms with Gasteiger partial charge in [-0.15, -0.1) is 5.10 Å². The summed E-state index contributed by atoms with van der Waals surface area (Å²) in [6, 6.07) is 14.5. The van der Waals surface area contributed by atoms with Crippen LogP contribution in [0.1, 0.15) is 15.9 Å². The van der Waals surface area contributed by atoms with Gasteiger partial charge in [0.1, 0.15) is 6.33 Å². The second-order valence-corrected chi connectivity index (χ2v) is 4.95. The van der Waals surface area contributed by atoms with Crippen LogP contribution in [0.2, 0.25) is 5.02 Å². The molecule has 0 fully saturated rings. The maximum absolute atomic E-state index is 12.4. The molecule has 3 aromatic rings. The Morgan fingerprint density at radius 2 is 1.91 bits per heavy atom. The van der Waals surface area contributed by atoms with Crippen molar-refractivity contribution >= 4 is 17.5 Å². The Morgan fingerprint density at radius 1 is 1.14 bits per heavy atom. The average Bonchev–Trinajstić information content (AvgIpc) is 3.08. The fraction of sp³-hybridized carbons (Fsp3) is 0.0667. The lowest BCUT2D eigenvalue weighted by atomic mass is 10.1. The molecule has 0 spiro atoms. The molecule has 0 saturated carbocycles. The molecule has 1 heterocycles. The SMILES string of the molecule is O=C(NCc1ccccc1Cl)c1ccccc1-n1cnnn1. The van der Waals surface area contributed by atoms with Crippen molar-refractivity contribution in [3.05, 3.63) is 71.0 Å². The lowest BCUT2D eigenvalue weighted by molar-refractivity contribution is 0.0951. The highest BCUT2D eigenvalue weighted by Gasteiger charge is 2.13. The van der Waals surface area contributed by atoms with Gasteiger partial charge in [0.15, 0.2) is 0 Å². The van der Waals surface area contributed by atoms with Gasteiger partial charge in [0, 0.05) is 11.6 Å². The van der Waals surface area contributed by atoms with Crippen molar-refractivity contribution in [2.45, 2.75) is 6.54 Å². The Bertz CT molecular complexity index is 788. The van der Waals surface area contributed by atoms with Crippen molar-refractivity contribution in [1.29, 1.82) is 0 Å². The molecule has 0 saturated heterocycles. The predicted octanol–water partition coefficient (Wildman–Crippen LogP) is 2.25. The van der Waals surface area contributed by atoms with Gasteiger partial charge in [0.25, 0.3) is 5.91 Å². The number of rotatable bonds is 4. The summed E-state index contributed by atoms with van der Waals surface area (Å²) in [5.41, 5.74) is 1.96. The summed E-state index contributed by atoms with van der Waals surface area (Å²) >= 11 is 6.08. The second-order valence-electron chi connectivity index (χ2n) is 4.55. The van der Waals surface area contributed by atoms with E-state index in [1.54, 1.807) is 24.3 Å². The van der Waals surface area contributed by atoms with Gasteiger partial charge in [-0.25, -0.2) is 0 Å². The Hall–Kier alpha value is -2.73. The summed E-state index contributed by atoms with van der Waals surface area (Å²) in [4.78, 5) is 12.4. The molecular formula is C15H12ClN5O. The first-order chi connectivity index (χ1) is 10.8. The number of amides is 1. The molecule has 2 aromatic carbocycles. The molecule has 3 rings (SSSR count). The van der Waals surface area contributed by atoms with Crippen LogP contribution in [0.4, 0.5) is 0 Å². The van der Waals surface area contributed by atoms with Crippen molar-refractivity contribution in [3.8, 4) is 5.69 Å². The van der Waals surface area contributed by atoms with Crippen LogP contribution in [0.5, 0.6) is 0 Å². The minimum atomic E-state index is -0.217. The fourth-order valence-electron chi connectivity index (χ4n) is 2.05. The van der Waals surface area contributed by atoms with Crippen LogP contribution in [0.25, 0.3) is 5.69 Å². The molecule has 0 aliphatic carbocycles. The maximum Gasteiger partial charge on any atom is 0.253 e. The number of nitrogens with zero attached hydrogens (tertiary/aromatic N) is 4. The summed E-state index contributed by atoms with van der Waals surface area (Å²) in [5, 5.41) is 14.5. The molecular weight excluding hydrogens is 302 g/mol. The average molecular weight is 314 g/mol. The van der Waals surface area contributed by atoms with E-state index in [0.717, 1.165) is 5.56 Å². The number of halogens is 1. The number of para-hydroxylation sites is 1. The van der Waals surface area contributed by atoms with Gasteiger partial charge in [-0.3, -0.25) is 4.79 Å². The van der Waals surface area contributed by atoms with E-state index in [9.17, 15) is 4.79 Å². The minimum Gasteiger partial charge on any atom is -0.348 e. The van der Waals surface area contributed by atoms with E-state index < -0.39 is 0 Å². The van der Waals surface area contributed by atoms with E-state index in [-0.39, 0.29) is 5.91 Å². The molecule has 6 nitrogen and oxygen atoms in total. The van der Waals surface area contributed by atoms with Gasteiger partial charge in [-0.05, 0) is 34.2 Å². The maximum atomic E-state index is 12.4. The first kappa shape index (κ1) is 14.2. The number of tetrazole rings is 1. The van der Waals surface area contributed by atoms with Crippen LogP contribution < -0.4 is 5.32 Å². The third-order valence-electron chi connectivity index (χ3n) is 3.14. The molecule has 0 atom stereocenters. The topological polar surface area (TPSA) is 72.7 Å². The lowest BCUT2D eigenvalue weighted by Gasteiger charge is -2.10. The molecule has 7 heteroatoms. The third kappa shape index (κ3) is 2.96. The van der Waals surface area contributed by atoms with Gasteiger partial charge >= 0.3 is 0 Å². The number of hydrogen-bond acceptors (Lipinski definition) is 4. The highest BCUT2D eigenvalue weighted by molar-refractivity contribution is 6.31. The first-order valence-corrected chi connectivity index (χ1v) is 6.97. The van der Waals surface area contributed by atoms with Crippen LogP contribution in [0.15, 0.2) is 54.9 Å². The van der Waals surface area contributed by atoms with Crippen molar-refractivity contribution in [3.63, 3.8) is 0 Å². The number of nitrogens with one attached hydrogen (secondary N) is 1. The van der Waals surface area contributed by atoms with Crippen LogP contribution in [-0.2, 0) is 6.54 Å². The van der Waals surface area contributed by atoms with Gasteiger partial charge in [0.05, 0.1) is 11.3 Å². The van der Waals surface area contributed by atoms with Crippen LogP contribution in [0.3, 0.4) is 0 Å². The number of benzene rings is 2. The quantitative estimate of drug-likeness (QED) is 0.802. The van der Waals surface area contributed by atoms with E-state index in [1.807, 2.05) is 24.3 Å². The molecule has 22 heavy (non-hydrogen) atoms. The van der Waals surface area contributed by atoms with Gasteiger partial charge in [-0.1, -0.05) is 41.9 Å². The molecule has 110 valence electrons. The second kappa shape index (κ2) is 6.36. The number of carbonyl (C=O) groups is 1. The normalized spacial score (nSPS) is 10.4. The molecule has 0 aliphatic heterocycles. The molecule has 1 amide bonds. The highest BCUT2D eigenvalue weighted by atomic mass is 35.5. The molecule has 0 bridgehead atoms. The molecule has 1 N–H and O–H groups in total. The van der Waals surface area contributed by atoms with Crippen LogP contribution >= 0.6 is 11.6 Å². The van der Waals surface area contributed by atoms with E-state index in [4.69, 9.17) is 11.6 Å². The third-order valence-corrected chi connectivity index (χ3v) is 3.51. The van der Waals surface area contributed by atoms with Gasteiger partial charge < -0.3 is 5.32 Å². The monoisotopic (exact) mass is 313 g/mol. The Labute approximate surface area is 131 Å². The zero-order valence-electron chi connectivity index (χ0n) is 11.5. The molecule has 0 unspecified atom stereocenters. The minimum absolute atomic E-state index is 0.217. The molecule has 0 aliphatic rings. The smallest absolute Gasteiger partial charge is 0.253 e. The van der Waals surface area contributed by atoms with Crippen molar-refractivity contribution in [2.75, 3.05) is 0 Å². The largest absolute Gasteiger partial charge is 0.348 e. The highest BCUT2D eigenvalue weighted by Crippen LogP contribution is 2.16. The summed E-state index contributed by atoms with van der Waals surface area (Å²) in [6.45, 7) is 0.350. The lowest BCUT2D eigenvalue weighted by Crippen LogP contribution is -2.24. The Kier molecular flexibility index (Phi) is 4.11. The van der Waals surface area contributed by atoms with E-state index in [2.05, 4.69) is 20.8 Å². The summed E-state index contributed by atoms with van der Waals surface area (Å²) in [6.07, 6.45) is 1.44. The summed E-state index contributed by atoms with van der Waals surface area (Å²) in [5.74, 6) is -0.217. The van der Waals surface area contributed by atoms with Crippen molar-refractivity contribution in [1.82, 2.24) is 25.5 Å². The number of aromatic nitrogens is 4. The van der Waals surface area contributed by atoms with E-state index in [1.165, 1.54) is 11.0 Å².